The summed E-state index contributed by atoms with van der Waals surface area (Å²) in [6, 6.07) is 5.03. The van der Waals surface area contributed by atoms with Gasteiger partial charge in [0.05, 0.1) is 4.92 Å². The Morgan fingerprint density at radius 3 is 2.95 bits per heavy atom. The highest BCUT2D eigenvalue weighted by Gasteiger charge is 2.26. The van der Waals surface area contributed by atoms with Crippen molar-refractivity contribution in [3.63, 3.8) is 0 Å². The number of nitrogens with zero attached hydrogens (tertiary/aromatic N) is 2. The molecule has 6 heteroatoms. The minimum absolute atomic E-state index is 0.122. The first kappa shape index (κ1) is 14.1. The Morgan fingerprint density at radius 2 is 2.37 bits per heavy atom. The molecule has 0 saturated carbocycles. The van der Waals surface area contributed by atoms with Gasteiger partial charge in [-0.15, -0.1) is 0 Å². The van der Waals surface area contributed by atoms with Crippen LogP contribution in [0.5, 0.6) is 0 Å². The molecule has 1 aliphatic rings. The van der Waals surface area contributed by atoms with Crippen molar-refractivity contribution in [2.75, 3.05) is 24.5 Å². The van der Waals surface area contributed by atoms with Gasteiger partial charge in [-0.05, 0) is 38.4 Å². The number of nitro benzene ring substituents is 1. The van der Waals surface area contributed by atoms with Crippen molar-refractivity contribution in [1.82, 2.24) is 5.32 Å². The summed E-state index contributed by atoms with van der Waals surface area (Å²) in [6.07, 6.45) is 2.14. The maximum absolute atomic E-state index is 11.2. The van der Waals surface area contributed by atoms with E-state index in [1.54, 1.807) is 12.1 Å². The summed E-state index contributed by atoms with van der Waals surface area (Å²) in [5.74, 6) is 0. The van der Waals surface area contributed by atoms with Crippen molar-refractivity contribution in [2.24, 2.45) is 0 Å². The molecule has 1 heterocycles. The molecule has 1 fully saturated rings. The summed E-state index contributed by atoms with van der Waals surface area (Å²) < 4.78 is 0. The van der Waals surface area contributed by atoms with Crippen molar-refractivity contribution < 1.29 is 4.92 Å². The van der Waals surface area contributed by atoms with E-state index in [0.717, 1.165) is 32.5 Å². The van der Waals surface area contributed by atoms with Crippen LogP contribution in [0.3, 0.4) is 0 Å². The first-order valence-corrected chi connectivity index (χ1v) is 6.92. The molecular weight excluding hydrogens is 266 g/mol. The number of benzene rings is 1. The van der Waals surface area contributed by atoms with Gasteiger partial charge in [0.1, 0.15) is 5.69 Å². The number of halogens is 1. The molecule has 1 aromatic carbocycles. The molecule has 0 spiro atoms. The molecular formula is C13H18ClN3O2. The van der Waals surface area contributed by atoms with E-state index in [1.165, 1.54) is 6.07 Å². The van der Waals surface area contributed by atoms with E-state index in [0.29, 0.717) is 10.7 Å². The third-order valence-corrected chi connectivity index (χ3v) is 3.73. The van der Waals surface area contributed by atoms with Gasteiger partial charge in [-0.1, -0.05) is 11.6 Å². The molecule has 1 N–H and O–H groups in total. The molecule has 5 nitrogen and oxygen atoms in total. The lowest BCUT2D eigenvalue weighted by molar-refractivity contribution is -0.384. The van der Waals surface area contributed by atoms with E-state index in [-0.39, 0.29) is 16.7 Å². The second-order valence-electron chi connectivity index (χ2n) is 4.68. The predicted molar refractivity (Wildman–Crippen MR) is 77.0 cm³/mol. The minimum atomic E-state index is -0.343. The maximum Gasteiger partial charge on any atom is 0.292 e. The molecule has 0 radical (unpaired) electrons. The summed E-state index contributed by atoms with van der Waals surface area (Å²) in [4.78, 5) is 12.9. The van der Waals surface area contributed by atoms with Crippen LogP contribution in [0.15, 0.2) is 18.2 Å². The highest BCUT2D eigenvalue weighted by atomic mass is 35.5. The molecule has 1 aromatic rings. The number of nitro groups is 1. The van der Waals surface area contributed by atoms with E-state index < -0.39 is 0 Å². The largest absolute Gasteiger partial charge is 0.362 e. The number of nitrogens with one attached hydrogen (secondary N) is 1. The molecule has 0 amide bonds. The molecule has 0 aliphatic carbocycles. The zero-order valence-corrected chi connectivity index (χ0v) is 11.7. The Morgan fingerprint density at radius 1 is 1.58 bits per heavy atom. The topological polar surface area (TPSA) is 58.4 Å². The smallest absolute Gasteiger partial charge is 0.292 e. The summed E-state index contributed by atoms with van der Waals surface area (Å²) in [7, 11) is 0. The van der Waals surface area contributed by atoms with Crippen molar-refractivity contribution >= 4 is 23.0 Å². The fraction of sp³-hybridized carbons (Fsp3) is 0.538. The van der Waals surface area contributed by atoms with Crippen LogP contribution >= 0.6 is 11.6 Å². The number of hydrogen-bond donors (Lipinski definition) is 1. The average molecular weight is 284 g/mol. The zero-order valence-electron chi connectivity index (χ0n) is 10.9. The molecule has 0 aromatic heterocycles. The normalized spacial score (nSPS) is 19.2. The molecule has 1 unspecified atom stereocenters. The van der Waals surface area contributed by atoms with Crippen LogP contribution in [0, 0.1) is 10.1 Å². The molecule has 1 saturated heterocycles. The van der Waals surface area contributed by atoms with Gasteiger partial charge in [-0.3, -0.25) is 10.1 Å². The molecule has 0 bridgehead atoms. The van der Waals surface area contributed by atoms with Gasteiger partial charge in [0, 0.05) is 30.2 Å². The van der Waals surface area contributed by atoms with Gasteiger partial charge in [-0.2, -0.15) is 0 Å². The quantitative estimate of drug-likeness (QED) is 0.682. The van der Waals surface area contributed by atoms with Crippen LogP contribution in [0.1, 0.15) is 19.8 Å². The Kier molecular flexibility index (Phi) is 4.61. The standard InChI is InChI=1S/C13H18ClN3O2/c1-2-16(11-4-3-7-15-9-11)13-8-10(14)5-6-12(13)17(18)19/h5-6,8,11,15H,2-4,7,9H2,1H3. The number of anilines is 1. The van der Waals surface area contributed by atoms with Crippen LogP contribution in [-0.4, -0.2) is 30.6 Å². The van der Waals surface area contributed by atoms with Crippen LogP contribution in [0.2, 0.25) is 5.02 Å². The Bertz CT molecular complexity index is 461. The number of hydrogen-bond acceptors (Lipinski definition) is 4. The second kappa shape index (κ2) is 6.21. The number of piperidine rings is 1. The van der Waals surface area contributed by atoms with Gasteiger partial charge in [0.25, 0.3) is 5.69 Å². The predicted octanol–water partition coefficient (Wildman–Crippen LogP) is 2.83. The van der Waals surface area contributed by atoms with Gasteiger partial charge in [0.2, 0.25) is 0 Å². The molecule has 104 valence electrons. The lowest BCUT2D eigenvalue weighted by Crippen LogP contribution is -2.46. The number of rotatable bonds is 4. The van der Waals surface area contributed by atoms with Gasteiger partial charge >= 0.3 is 0 Å². The summed E-state index contributed by atoms with van der Waals surface area (Å²) in [5.41, 5.74) is 0.741. The summed E-state index contributed by atoms with van der Waals surface area (Å²) in [6.45, 7) is 4.62. The van der Waals surface area contributed by atoms with Crippen LogP contribution in [0.4, 0.5) is 11.4 Å². The molecule has 2 rings (SSSR count). The van der Waals surface area contributed by atoms with E-state index in [2.05, 4.69) is 10.2 Å². The van der Waals surface area contributed by atoms with Crippen LogP contribution in [-0.2, 0) is 0 Å². The highest BCUT2D eigenvalue weighted by Crippen LogP contribution is 2.33. The van der Waals surface area contributed by atoms with Crippen molar-refractivity contribution in [2.45, 2.75) is 25.8 Å². The average Bonchev–Trinajstić information content (AvgIpc) is 2.40. The summed E-state index contributed by atoms with van der Waals surface area (Å²) in [5, 5.41) is 15.0. The molecule has 1 atom stereocenters. The van der Waals surface area contributed by atoms with E-state index in [9.17, 15) is 10.1 Å². The SMILES string of the molecule is CCN(c1cc(Cl)ccc1[N+](=O)[O-])C1CCCNC1. The zero-order chi connectivity index (χ0) is 13.8. The Labute approximate surface area is 117 Å². The number of likely N-dealkylation sites (N-methyl/N-ethyl adjacent to an activating group) is 1. The van der Waals surface area contributed by atoms with Crippen molar-refractivity contribution in [3.8, 4) is 0 Å². The van der Waals surface area contributed by atoms with Crippen molar-refractivity contribution in [3.05, 3.63) is 33.3 Å². The van der Waals surface area contributed by atoms with Crippen LogP contribution < -0.4 is 10.2 Å². The highest BCUT2D eigenvalue weighted by molar-refractivity contribution is 6.31. The Balaban J connectivity index is 2.35. The summed E-state index contributed by atoms with van der Waals surface area (Å²) >= 11 is 6.00. The van der Waals surface area contributed by atoms with E-state index in [1.807, 2.05) is 6.92 Å². The molecule has 19 heavy (non-hydrogen) atoms. The second-order valence-corrected chi connectivity index (χ2v) is 5.11. The first-order valence-electron chi connectivity index (χ1n) is 6.54. The Hall–Kier alpha value is -1.33. The van der Waals surface area contributed by atoms with Gasteiger partial charge < -0.3 is 10.2 Å². The maximum atomic E-state index is 11.2. The molecule has 1 aliphatic heterocycles. The minimum Gasteiger partial charge on any atom is -0.362 e. The van der Waals surface area contributed by atoms with E-state index >= 15 is 0 Å². The first-order chi connectivity index (χ1) is 9.13. The fourth-order valence-electron chi connectivity index (χ4n) is 2.61. The van der Waals surface area contributed by atoms with E-state index in [4.69, 9.17) is 11.6 Å². The monoisotopic (exact) mass is 283 g/mol. The van der Waals surface area contributed by atoms with Crippen molar-refractivity contribution in [1.29, 1.82) is 0 Å². The van der Waals surface area contributed by atoms with Gasteiger partial charge in [0.15, 0.2) is 0 Å². The lowest BCUT2D eigenvalue weighted by atomic mass is 10.0. The third kappa shape index (κ3) is 3.16. The lowest BCUT2D eigenvalue weighted by Gasteiger charge is -2.35. The third-order valence-electron chi connectivity index (χ3n) is 3.50. The van der Waals surface area contributed by atoms with Crippen LogP contribution in [0.25, 0.3) is 0 Å². The fourth-order valence-corrected chi connectivity index (χ4v) is 2.77. The van der Waals surface area contributed by atoms with Gasteiger partial charge in [-0.25, -0.2) is 0 Å².